The molecule has 0 N–H and O–H groups in total. The third kappa shape index (κ3) is 2.54. The molecule has 0 aliphatic heterocycles. The summed E-state index contributed by atoms with van der Waals surface area (Å²) in [7, 11) is 0. The molecule has 0 fully saturated rings. The molecule has 1 aromatic heterocycles. The van der Waals surface area contributed by atoms with Gasteiger partial charge < -0.3 is 9.26 Å². The van der Waals surface area contributed by atoms with Crippen LogP contribution in [0, 0.1) is 15.9 Å². The minimum absolute atomic E-state index is 0.138. The van der Waals surface area contributed by atoms with E-state index in [1.165, 1.54) is 0 Å². The highest BCUT2D eigenvalue weighted by Gasteiger charge is 2.16. The topological polar surface area (TPSA) is 91.3 Å². The first-order valence-electron chi connectivity index (χ1n) is 4.49. The summed E-state index contributed by atoms with van der Waals surface area (Å²) in [5.74, 6) is -0.595. The standard InChI is InChI=1S/C9H6FN3O4/c10-6-1-2-7(13(14)15)8(3-6)16-4-9-11-5-17-12-9/h1-3,5H,4H2. The van der Waals surface area contributed by atoms with Crippen molar-refractivity contribution >= 4 is 5.69 Å². The first-order chi connectivity index (χ1) is 8.16. The molecule has 0 atom stereocenters. The van der Waals surface area contributed by atoms with Gasteiger partial charge in [0.25, 0.3) is 0 Å². The summed E-state index contributed by atoms with van der Waals surface area (Å²) in [6.45, 7) is -0.138. The molecule has 0 aliphatic rings. The average Bonchev–Trinajstić information content (AvgIpc) is 2.78. The van der Waals surface area contributed by atoms with Gasteiger partial charge in [-0.25, -0.2) is 4.39 Å². The molecule has 0 saturated carbocycles. The van der Waals surface area contributed by atoms with Gasteiger partial charge in [-0.3, -0.25) is 10.1 Å². The first-order valence-corrected chi connectivity index (χ1v) is 4.49. The molecule has 0 saturated heterocycles. The molecule has 0 radical (unpaired) electrons. The van der Waals surface area contributed by atoms with Crippen molar-refractivity contribution in [1.29, 1.82) is 0 Å². The van der Waals surface area contributed by atoms with E-state index >= 15 is 0 Å². The zero-order valence-electron chi connectivity index (χ0n) is 8.37. The SMILES string of the molecule is O=[N+]([O-])c1ccc(F)cc1OCc1ncon1. The van der Waals surface area contributed by atoms with Crippen LogP contribution in [-0.2, 0) is 6.61 Å². The van der Waals surface area contributed by atoms with Crippen LogP contribution in [0.1, 0.15) is 5.82 Å². The predicted molar refractivity (Wildman–Crippen MR) is 51.7 cm³/mol. The van der Waals surface area contributed by atoms with Crippen molar-refractivity contribution in [1.82, 2.24) is 10.1 Å². The molecule has 1 heterocycles. The zero-order chi connectivity index (χ0) is 12.3. The number of hydrogen-bond acceptors (Lipinski definition) is 6. The molecule has 88 valence electrons. The van der Waals surface area contributed by atoms with Crippen molar-refractivity contribution < 1.29 is 18.6 Å². The van der Waals surface area contributed by atoms with Crippen LogP contribution >= 0.6 is 0 Å². The van der Waals surface area contributed by atoms with Crippen molar-refractivity contribution in [3.63, 3.8) is 0 Å². The van der Waals surface area contributed by atoms with Crippen molar-refractivity contribution in [3.05, 3.63) is 46.3 Å². The van der Waals surface area contributed by atoms with E-state index in [0.717, 1.165) is 24.6 Å². The Kier molecular flexibility index (Phi) is 2.95. The largest absolute Gasteiger partial charge is 0.478 e. The van der Waals surface area contributed by atoms with E-state index in [0.29, 0.717) is 0 Å². The molecule has 0 spiro atoms. The molecule has 1 aromatic carbocycles. The number of halogens is 1. The molecule has 7 nitrogen and oxygen atoms in total. The Hall–Kier alpha value is -2.51. The molecular weight excluding hydrogens is 233 g/mol. The fourth-order valence-electron chi connectivity index (χ4n) is 1.15. The van der Waals surface area contributed by atoms with Crippen LogP contribution in [-0.4, -0.2) is 15.1 Å². The summed E-state index contributed by atoms with van der Waals surface area (Å²) in [6, 6.07) is 2.94. The first kappa shape index (κ1) is 11.0. The molecule has 0 aliphatic carbocycles. The molecule has 0 bridgehead atoms. The van der Waals surface area contributed by atoms with E-state index < -0.39 is 10.7 Å². The van der Waals surface area contributed by atoms with Gasteiger partial charge in [0.05, 0.1) is 4.92 Å². The fourth-order valence-corrected chi connectivity index (χ4v) is 1.15. The van der Waals surface area contributed by atoms with E-state index in [2.05, 4.69) is 14.7 Å². The third-order valence-corrected chi connectivity index (χ3v) is 1.88. The van der Waals surface area contributed by atoms with Crippen LogP contribution in [0.25, 0.3) is 0 Å². The van der Waals surface area contributed by atoms with Crippen LogP contribution in [0.2, 0.25) is 0 Å². The van der Waals surface area contributed by atoms with Crippen molar-refractivity contribution in [2.75, 3.05) is 0 Å². The number of benzene rings is 1. The van der Waals surface area contributed by atoms with Crippen LogP contribution < -0.4 is 4.74 Å². The number of ether oxygens (including phenoxy) is 1. The van der Waals surface area contributed by atoms with Crippen LogP contribution in [0.3, 0.4) is 0 Å². The lowest BCUT2D eigenvalue weighted by atomic mass is 10.3. The Morgan fingerprint density at radius 3 is 3.00 bits per heavy atom. The predicted octanol–water partition coefficient (Wildman–Crippen LogP) is 1.70. The second kappa shape index (κ2) is 4.56. The van der Waals surface area contributed by atoms with Gasteiger partial charge in [0.2, 0.25) is 12.2 Å². The van der Waals surface area contributed by atoms with Crippen LogP contribution in [0.4, 0.5) is 10.1 Å². The van der Waals surface area contributed by atoms with Crippen molar-refractivity contribution in [2.24, 2.45) is 0 Å². The molecule has 0 amide bonds. The Bertz CT molecular complexity index is 529. The zero-order valence-corrected chi connectivity index (χ0v) is 8.37. The highest BCUT2D eigenvalue weighted by atomic mass is 19.1. The monoisotopic (exact) mass is 239 g/mol. The second-order valence-electron chi connectivity index (χ2n) is 3.01. The average molecular weight is 239 g/mol. The summed E-state index contributed by atoms with van der Waals surface area (Å²) in [5, 5.41) is 14.1. The summed E-state index contributed by atoms with van der Waals surface area (Å²) < 4.78 is 22.4. The smallest absolute Gasteiger partial charge is 0.311 e. The van der Waals surface area contributed by atoms with Crippen molar-refractivity contribution in [2.45, 2.75) is 6.61 Å². The van der Waals surface area contributed by atoms with Gasteiger partial charge in [-0.15, -0.1) is 0 Å². The highest BCUT2D eigenvalue weighted by molar-refractivity contribution is 5.46. The van der Waals surface area contributed by atoms with Crippen LogP contribution in [0.15, 0.2) is 29.1 Å². The van der Waals surface area contributed by atoms with Gasteiger partial charge in [0.15, 0.2) is 12.4 Å². The maximum atomic E-state index is 12.9. The van der Waals surface area contributed by atoms with E-state index in [1.807, 2.05) is 0 Å². The number of hydrogen-bond donors (Lipinski definition) is 0. The fraction of sp³-hybridized carbons (Fsp3) is 0.111. The Morgan fingerprint density at radius 2 is 2.35 bits per heavy atom. The van der Waals surface area contributed by atoms with Gasteiger partial charge in [-0.05, 0) is 6.07 Å². The van der Waals surface area contributed by atoms with Gasteiger partial charge >= 0.3 is 5.69 Å². The normalized spacial score (nSPS) is 10.2. The second-order valence-corrected chi connectivity index (χ2v) is 3.01. The molecule has 0 unspecified atom stereocenters. The summed E-state index contributed by atoms with van der Waals surface area (Å²) in [6.07, 6.45) is 1.10. The molecule has 2 rings (SSSR count). The maximum absolute atomic E-state index is 12.9. The number of nitro groups is 1. The Labute approximate surface area is 94.0 Å². The minimum Gasteiger partial charge on any atom is -0.478 e. The molecule has 2 aromatic rings. The third-order valence-electron chi connectivity index (χ3n) is 1.88. The van der Waals surface area contributed by atoms with E-state index in [-0.39, 0.29) is 23.9 Å². The van der Waals surface area contributed by atoms with E-state index in [1.54, 1.807) is 0 Å². The van der Waals surface area contributed by atoms with Gasteiger partial charge in [-0.1, -0.05) is 5.16 Å². The number of nitro benzene ring substituents is 1. The van der Waals surface area contributed by atoms with Crippen LogP contribution in [0.5, 0.6) is 5.75 Å². The molecular formula is C9H6FN3O4. The van der Waals surface area contributed by atoms with Crippen molar-refractivity contribution in [3.8, 4) is 5.75 Å². The number of nitrogens with zero attached hydrogens (tertiary/aromatic N) is 3. The quantitative estimate of drug-likeness (QED) is 0.595. The van der Waals surface area contributed by atoms with E-state index in [9.17, 15) is 14.5 Å². The lowest BCUT2D eigenvalue weighted by Crippen LogP contribution is -2.01. The number of rotatable bonds is 4. The van der Waals surface area contributed by atoms with Gasteiger partial charge in [0, 0.05) is 12.1 Å². The highest BCUT2D eigenvalue weighted by Crippen LogP contribution is 2.27. The lowest BCUT2D eigenvalue weighted by molar-refractivity contribution is -0.386. The Balaban J connectivity index is 2.19. The Morgan fingerprint density at radius 1 is 1.53 bits per heavy atom. The summed E-state index contributed by atoms with van der Waals surface area (Å²) in [5.41, 5.74) is -0.324. The maximum Gasteiger partial charge on any atom is 0.311 e. The minimum atomic E-state index is -0.662. The molecule has 17 heavy (non-hydrogen) atoms. The van der Waals surface area contributed by atoms with Gasteiger partial charge in [0.1, 0.15) is 5.82 Å². The lowest BCUT2D eigenvalue weighted by Gasteiger charge is -2.03. The number of aromatic nitrogens is 2. The summed E-state index contributed by atoms with van der Waals surface area (Å²) >= 11 is 0. The molecule has 8 heteroatoms. The van der Waals surface area contributed by atoms with E-state index in [4.69, 9.17) is 4.74 Å². The summed E-state index contributed by atoms with van der Waals surface area (Å²) in [4.78, 5) is 13.6. The van der Waals surface area contributed by atoms with Gasteiger partial charge in [-0.2, -0.15) is 4.98 Å².